The smallest absolute Gasteiger partial charge is 0.302 e. The van der Waals surface area contributed by atoms with E-state index in [1.54, 1.807) is 0 Å². The van der Waals surface area contributed by atoms with Crippen molar-refractivity contribution in [3.8, 4) is 0 Å². The predicted molar refractivity (Wildman–Crippen MR) is 206 cm³/mol. The molecule has 3 aromatic heterocycles. The van der Waals surface area contributed by atoms with Gasteiger partial charge in [0.05, 0.1) is 24.6 Å². The first-order valence-corrected chi connectivity index (χ1v) is 18.6. The van der Waals surface area contributed by atoms with Gasteiger partial charge in [-0.05, 0) is 73.9 Å². The van der Waals surface area contributed by atoms with E-state index in [2.05, 4.69) is 40.1 Å². The summed E-state index contributed by atoms with van der Waals surface area (Å²) in [6, 6.07) is 22.8. The van der Waals surface area contributed by atoms with Crippen molar-refractivity contribution < 1.29 is 28.7 Å². The van der Waals surface area contributed by atoms with Crippen LogP contribution in [0.2, 0.25) is 0 Å². The molecule has 0 amide bonds. The molecule has 0 atom stereocenters. The summed E-state index contributed by atoms with van der Waals surface area (Å²) in [6.45, 7) is 12.7. The summed E-state index contributed by atoms with van der Waals surface area (Å²) >= 11 is 0. The summed E-state index contributed by atoms with van der Waals surface area (Å²) in [5, 5.41) is 0. The number of esters is 2. The number of carbonyl (C=O) groups is 4. The second kappa shape index (κ2) is 17.9. The Bertz CT molecular complexity index is 1920. The van der Waals surface area contributed by atoms with E-state index in [-0.39, 0.29) is 36.7 Å². The number of H-pyrrole nitrogens is 1. The van der Waals surface area contributed by atoms with Crippen molar-refractivity contribution >= 4 is 23.5 Å². The Morgan fingerprint density at radius 2 is 0.981 bits per heavy atom. The summed E-state index contributed by atoms with van der Waals surface area (Å²) in [7, 11) is 0. The molecule has 2 aromatic carbocycles. The average molecular weight is 718 g/mol. The van der Waals surface area contributed by atoms with Crippen molar-refractivity contribution in [1.29, 1.82) is 0 Å². The predicted octanol–water partition coefficient (Wildman–Crippen LogP) is 7.91. The van der Waals surface area contributed by atoms with E-state index in [0.29, 0.717) is 61.3 Å². The molecule has 9 nitrogen and oxygen atoms in total. The molecule has 0 spiro atoms. The number of rotatable bonds is 18. The fraction of sp³-hybridized carbons (Fsp3) is 0.364. The highest BCUT2D eigenvalue weighted by Crippen LogP contribution is 2.30. The number of aromatic nitrogens is 3. The van der Waals surface area contributed by atoms with E-state index in [9.17, 15) is 19.2 Å². The number of nitrogens with one attached hydrogen (secondary N) is 1. The molecule has 5 aromatic rings. The standard InChI is InChI=1S/C44H51N3O6/c1-7-37-38(8-2)40(28-36-26-30(4)42(44(51)34-19-13-10-14-20-34)47(36)22-16-24-53-32(6)49)45-39(37)27-35-25-29(3)41(43(50)33-17-11-9-12-18-33)46(35)21-15-23-52-31(5)48/h9-14,17-20,25-26,45H,7-8,15-16,21-24,27-28H2,1-6H3. The van der Waals surface area contributed by atoms with Crippen LogP contribution in [0, 0.1) is 13.8 Å². The van der Waals surface area contributed by atoms with Crippen LogP contribution in [0.5, 0.6) is 0 Å². The Morgan fingerprint density at radius 1 is 0.604 bits per heavy atom. The van der Waals surface area contributed by atoms with Crippen LogP contribution < -0.4 is 0 Å². The highest BCUT2D eigenvalue weighted by atomic mass is 16.5. The lowest BCUT2D eigenvalue weighted by Gasteiger charge is -2.14. The third-order valence-corrected chi connectivity index (χ3v) is 9.73. The summed E-state index contributed by atoms with van der Waals surface area (Å²) < 4.78 is 14.7. The normalized spacial score (nSPS) is 11.1. The topological polar surface area (TPSA) is 112 Å². The van der Waals surface area contributed by atoms with Crippen LogP contribution in [0.25, 0.3) is 0 Å². The lowest BCUT2D eigenvalue weighted by atomic mass is 10.00. The lowest BCUT2D eigenvalue weighted by molar-refractivity contribution is -0.142. The number of hydrogen-bond donors (Lipinski definition) is 1. The summed E-state index contributed by atoms with van der Waals surface area (Å²) in [5.41, 5.74) is 11.1. The second-order valence-electron chi connectivity index (χ2n) is 13.5. The Morgan fingerprint density at radius 3 is 1.32 bits per heavy atom. The number of ether oxygens (including phenoxy) is 2. The number of hydrogen-bond acceptors (Lipinski definition) is 6. The van der Waals surface area contributed by atoms with Gasteiger partial charge >= 0.3 is 11.9 Å². The second-order valence-corrected chi connectivity index (χ2v) is 13.5. The Balaban J connectivity index is 1.52. The first-order valence-electron chi connectivity index (χ1n) is 18.6. The fourth-order valence-corrected chi connectivity index (χ4v) is 7.46. The number of carbonyl (C=O) groups excluding carboxylic acids is 4. The SMILES string of the molecule is CCc1c(Cc2cc(C)c(C(=O)c3ccccc3)n2CCCOC(C)=O)[nH]c(Cc2cc(C)c(C(=O)c3ccccc3)n2CCCOC(C)=O)c1CC. The zero-order valence-corrected chi connectivity index (χ0v) is 31.8. The van der Waals surface area contributed by atoms with Crippen LogP contribution in [0.3, 0.4) is 0 Å². The van der Waals surface area contributed by atoms with Gasteiger partial charge in [-0.2, -0.15) is 0 Å². The van der Waals surface area contributed by atoms with Gasteiger partial charge in [0, 0.05) is 73.7 Å². The highest BCUT2D eigenvalue weighted by Gasteiger charge is 2.25. The molecule has 0 aliphatic carbocycles. The fourth-order valence-electron chi connectivity index (χ4n) is 7.46. The van der Waals surface area contributed by atoms with E-state index in [0.717, 1.165) is 46.7 Å². The zero-order valence-electron chi connectivity index (χ0n) is 31.8. The Labute approximate surface area is 312 Å². The largest absolute Gasteiger partial charge is 0.466 e. The third kappa shape index (κ3) is 9.14. The first kappa shape index (κ1) is 38.8. The van der Waals surface area contributed by atoms with Crippen molar-refractivity contribution in [1.82, 2.24) is 14.1 Å². The van der Waals surface area contributed by atoms with Gasteiger partial charge in [-0.25, -0.2) is 0 Å². The molecule has 9 heteroatoms. The summed E-state index contributed by atoms with van der Waals surface area (Å²) in [6.07, 6.45) is 3.99. The summed E-state index contributed by atoms with van der Waals surface area (Å²) in [5.74, 6) is -0.722. The Hall–Kier alpha value is -5.44. The minimum absolute atomic E-state index is 0.0374. The monoisotopic (exact) mass is 717 g/mol. The molecule has 3 heterocycles. The number of ketones is 2. The van der Waals surface area contributed by atoms with Gasteiger partial charge in [0.1, 0.15) is 0 Å². The molecule has 0 radical (unpaired) electrons. The van der Waals surface area contributed by atoms with Gasteiger partial charge in [0.25, 0.3) is 0 Å². The van der Waals surface area contributed by atoms with Crippen LogP contribution in [0.1, 0.15) is 118 Å². The van der Waals surface area contributed by atoms with Gasteiger partial charge in [-0.3, -0.25) is 19.2 Å². The van der Waals surface area contributed by atoms with Crippen molar-refractivity contribution in [2.75, 3.05) is 13.2 Å². The van der Waals surface area contributed by atoms with Crippen LogP contribution in [0.4, 0.5) is 0 Å². The molecular weight excluding hydrogens is 666 g/mol. The molecule has 0 aliphatic heterocycles. The maximum absolute atomic E-state index is 13.9. The average Bonchev–Trinajstić information content (AvgIpc) is 3.76. The number of benzene rings is 2. The van der Waals surface area contributed by atoms with Crippen LogP contribution in [-0.2, 0) is 57.8 Å². The molecule has 5 rings (SSSR count). The zero-order chi connectivity index (χ0) is 38.1. The van der Waals surface area contributed by atoms with Crippen molar-refractivity contribution in [3.05, 3.63) is 140 Å². The van der Waals surface area contributed by atoms with E-state index >= 15 is 0 Å². The van der Waals surface area contributed by atoms with Crippen LogP contribution in [0.15, 0.2) is 72.8 Å². The van der Waals surface area contributed by atoms with Crippen molar-refractivity contribution in [2.24, 2.45) is 0 Å². The van der Waals surface area contributed by atoms with Crippen LogP contribution >= 0.6 is 0 Å². The van der Waals surface area contributed by atoms with E-state index in [1.807, 2.05) is 74.5 Å². The van der Waals surface area contributed by atoms with E-state index in [4.69, 9.17) is 9.47 Å². The molecule has 278 valence electrons. The maximum atomic E-state index is 13.9. The van der Waals surface area contributed by atoms with E-state index in [1.165, 1.54) is 25.0 Å². The first-order chi connectivity index (χ1) is 25.5. The lowest BCUT2D eigenvalue weighted by Crippen LogP contribution is -2.16. The molecular formula is C44H51N3O6. The molecule has 0 bridgehead atoms. The van der Waals surface area contributed by atoms with Gasteiger partial charge in [0.15, 0.2) is 0 Å². The van der Waals surface area contributed by atoms with Gasteiger partial charge in [-0.15, -0.1) is 0 Å². The molecule has 0 aliphatic rings. The molecule has 0 saturated carbocycles. The van der Waals surface area contributed by atoms with Crippen molar-refractivity contribution in [2.45, 2.75) is 93.2 Å². The number of nitrogens with zero attached hydrogens (tertiary/aromatic N) is 2. The quantitative estimate of drug-likeness (QED) is 0.0560. The maximum Gasteiger partial charge on any atom is 0.302 e. The molecule has 0 saturated heterocycles. The molecule has 1 N–H and O–H groups in total. The van der Waals surface area contributed by atoms with Gasteiger partial charge in [-0.1, -0.05) is 74.5 Å². The number of aromatic amines is 1. The minimum atomic E-state index is -0.324. The highest BCUT2D eigenvalue weighted by molar-refractivity contribution is 6.09. The Kier molecular flexibility index (Phi) is 13.1. The molecule has 0 fully saturated rings. The molecule has 53 heavy (non-hydrogen) atoms. The van der Waals surface area contributed by atoms with E-state index < -0.39 is 0 Å². The summed E-state index contributed by atoms with van der Waals surface area (Å²) in [4.78, 5) is 54.6. The van der Waals surface area contributed by atoms with Crippen LogP contribution in [-0.4, -0.2) is 50.8 Å². The third-order valence-electron chi connectivity index (χ3n) is 9.73. The van der Waals surface area contributed by atoms with Gasteiger partial charge < -0.3 is 23.6 Å². The van der Waals surface area contributed by atoms with Gasteiger partial charge in [0.2, 0.25) is 11.6 Å². The minimum Gasteiger partial charge on any atom is -0.466 e. The van der Waals surface area contributed by atoms with Crippen molar-refractivity contribution in [3.63, 3.8) is 0 Å². The number of aryl methyl sites for hydroxylation is 2. The molecule has 0 unspecified atom stereocenters.